The normalized spacial score (nSPS) is 13.3. The van der Waals surface area contributed by atoms with Crippen LogP contribution in [-0.4, -0.2) is 26.8 Å². The van der Waals surface area contributed by atoms with E-state index in [1.165, 1.54) is 12.7 Å². The van der Waals surface area contributed by atoms with Gasteiger partial charge in [-0.1, -0.05) is 0 Å². The summed E-state index contributed by atoms with van der Waals surface area (Å²) in [6.45, 7) is 2.25. The molecule has 0 radical (unpaired) electrons. The third kappa shape index (κ3) is 5.17. The van der Waals surface area contributed by atoms with E-state index in [1.54, 1.807) is 7.11 Å². The van der Waals surface area contributed by atoms with E-state index in [2.05, 4.69) is 6.07 Å². The first-order valence-electron chi connectivity index (χ1n) is 5.65. The van der Waals surface area contributed by atoms with Gasteiger partial charge in [0.05, 0.1) is 19.1 Å². The molecule has 1 unspecified atom stereocenters. The van der Waals surface area contributed by atoms with Crippen LogP contribution < -0.4 is 0 Å². The molecule has 0 bridgehead atoms. The Morgan fingerprint density at radius 1 is 1.33 bits per heavy atom. The second-order valence-electron chi connectivity index (χ2n) is 4.39. The van der Waals surface area contributed by atoms with Crippen molar-refractivity contribution in [1.29, 1.82) is 0 Å². The molecule has 4 heteroatoms. The predicted molar refractivity (Wildman–Crippen MR) is 65.6 cm³/mol. The molecule has 94 valence electrons. The van der Waals surface area contributed by atoms with Crippen molar-refractivity contribution in [1.82, 2.24) is 0 Å². The Bertz CT molecular complexity index is 353. The van der Waals surface area contributed by atoms with Gasteiger partial charge in [0.1, 0.15) is 0 Å². The quantitative estimate of drug-likeness (QED) is 0.595. The number of esters is 1. The van der Waals surface area contributed by atoms with Crippen LogP contribution in [0.1, 0.15) is 18.9 Å². The maximum Gasteiger partial charge on any atom is 3.00 e. The van der Waals surface area contributed by atoms with Crippen molar-refractivity contribution >= 4 is 5.97 Å². The fourth-order valence-corrected chi connectivity index (χ4v) is 1.81. The topological polar surface area (TPSA) is 35.5 Å². The van der Waals surface area contributed by atoms with Gasteiger partial charge >= 0.3 is 38.7 Å². The van der Waals surface area contributed by atoms with E-state index < -0.39 is 5.41 Å². The van der Waals surface area contributed by atoms with Crippen molar-refractivity contribution in [3.63, 3.8) is 0 Å². The van der Waals surface area contributed by atoms with Crippen LogP contribution in [0.2, 0.25) is 0 Å². The maximum atomic E-state index is 11.7. The van der Waals surface area contributed by atoms with Crippen molar-refractivity contribution in [2.45, 2.75) is 19.8 Å². The van der Waals surface area contributed by atoms with E-state index in [4.69, 9.17) is 9.47 Å². The van der Waals surface area contributed by atoms with E-state index in [0.29, 0.717) is 13.0 Å². The summed E-state index contributed by atoms with van der Waals surface area (Å²) in [7, 11) is 3.01. The first-order valence-corrected chi connectivity index (χ1v) is 5.65. The first kappa shape index (κ1) is 17.8. The molecule has 3 nitrogen and oxygen atoms in total. The fraction of sp³-hybridized carbons (Fsp3) is 0.500. The number of hydrogen-bond acceptors (Lipinski definition) is 3. The Hall–Kier alpha value is -0.246. The number of methoxy groups -OCH3 is 2. The Labute approximate surface area is 134 Å². The van der Waals surface area contributed by atoms with Crippen molar-refractivity contribution < 1.29 is 47.0 Å². The molecule has 0 fully saturated rings. The molecule has 0 aromatic heterocycles. The summed E-state index contributed by atoms with van der Waals surface area (Å²) in [5.41, 5.74) is 0.609. The summed E-state index contributed by atoms with van der Waals surface area (Å²) < 4.78 is 9.94. The number of hydrogen-bond donors (Lipinski definition) is 0. The van der Waals surface area contributed by atoms with Gasteiger partial charge in [0, 0.05) is 7.11 Å². The molecule has 0 aliphatic rings. The SMILES string of the molecule is COCC(C)(CCc1cc[c-]cc1)C(=O)OC.[Y+3]. The number of carbonyl (C=O) groups excluding carboxylic acids is 1. The van der Waals surface area contributed by atoms with Gasteiger partial charge in [-0.2, -0.15) is 35.9 Å². The molecule has 0 N–H and O–H groups in total. The third-order valence-electron chi connectivity index (χ3n) is 2.89. The summed E-state index contributed by atoms with van der Waals surface area (Å²) >= 11 is 0. The molecular formula is C14H19O3Y+2. The molecule has 1 atom stereocenters. The summed E-state index contributed by atoms with van der Waals surface area (Å²) in [5, 5.41) is 0. The molecular weight excluding hydrogens is 305 g/mol. The van der Waals surface area contributed by atoms with Crippen LogP contribution in [0, 0.1) is 11.5 Å². The average Bonchev–Trinajstić information content (AvgIpc) is 2.37. The van der Waals surface area contributed by atoms with Gasteiger partial charge in [0.15, 0.2) is 0 Å². The molecule has 0 heterocycles. The van der Waals surface area contributed by atoms with Crippen molar-refractivity contribution in [3.05, 3.63) is 35.9 Å². The monoisotopic (exact) mass is 324 g/mol. The number of aryl methyl sites for hydroxylation is 1. The minimum absolute atomic E-state index is 0. The van der Waals surface area contributed by atoms with Gasteiger partial charge in [-0.05, 0) is 19.8 Å². The van der Waals surface area contributed by atoms with Gasteiger partial charge in [-0.15, -0.1) is 0 Å². The van der Waals surface area contributed by atoms with Crippen LogP contribution in [0.15, 0.2) is 24.3 Å². The van der Waals surface area contributed by atoms with E-state index >= 15 is 0 Å². The molecule has 1 aromatic carbocycles. The zero-order valence-electron chi connectivity index (χ0n) is 11.2. The summed E-state index contributed by atoms with van der Waals surface area (Å²) in [6, 6.07) is 10.7. The minimum Gasteiger partial charge on any atom is -0.469 e. The second kappa shape index (κ2) is 8.79. The zero-order valence-corrected chi connectivity index (χ0v) is 14.1. The van der Waals surface area contributed by atoms with Crippen molar-refractivity contribution in [2.75, 3.05) is 20.8 Å². The smallest absolute Gasteiger partial charge is 0.469 e. The van der Waals surface area contributed by atoms with Crippen molar-refractivity contribution in [2.24, 2.45) is 5.41 Å². The minimum atomic E-state index is -0.580. The van der Waals surface area contributed by atoms with E-state index in [0.717, 1.165) is 6.42 Å². The zero-order chi connectivity index (χ0) is 12.7. The van der Waals surface area contributed by atoms with E-state index in [-0.39, 0.29) is 38.7 Å². The Morgan fingerprint density at radius 2 is 1.94 bits per heavy atom. The van der Waals surface area contributed by atoms with E-state index in [9.17, 15) is 4.79 Å². The average molecular weight is 324 g/mol. The van der Waals surface area contributed by atoms with Crippen LogP contribution >= 0.6 is 0 Å². The molecule has 0 spiro atoms. The third-order valence-corrected chi connectivity index (χ3v) is 2.89. The summed E-state index contributed by atoms with van der Waals surface area (Å²) in [6.07, 6.45) is 1.53. The fourth-order valence-electron chi connectivity index (χ4n) is 1.81. The molecule has 0 saturated heterocycles. The van der Waals surface area contributed by atoms with Crippen LogP contribution in [-0.2, 0) is 53.4 Å². The maximum absolute atomic E-state index is 11.7. The van der Waals surface area contributed by atoms with Gasteiger partial charge in [-0.3, -0.25) is 4.79 Å². The van der Waals surface area contributed by atoms with Gasteiger partial charge in [-0.25, -0.2) is 0 Å². The number of ether oxygens (including phenoxy) is 2. The number of benzene rings is 1. The molecule has 0 saturated carbocycles. The van der Waals surface area contributed by atoms with Crippen LogP contribution in [0.3, 0.4) is 0 Å². The van der Waals surface area contributed by atoms with Crippen LogP contribution in [0.5, 0.6) is 0 Å². The standard InChI is InChI=1S/C14H19O3.Y/c1-14(11-16-2,13(15)17-3)10-9-12-7-5-4-6-8-12;/h5-8H,9-11H2,1-3H3;/q-1;+3. The second-order valence-corrected chi connectivity index (χ2v) is 4.39. The Kier molecular flexibility index (Phi) is 8.67. The van der Waals surface area contributed by atoms with Gasteiger partial charge in [0.2, 0.25) is 0 Å². The summed E-state index contributed by atoms with van der Waals surface area (Å²) in [5.74, 6) is -0.221. The van der Waals surface area contributed by atoms with Gasteiger partial charge in [0.25, 0.3) is 0 Å². The Morgan fingerprint density at radius 3 is 2.44 bits per heavy atom. The molecule has 18 heavy (non-hydrogen) atoms. The molecule has 0 amide bonds. The van der Waals surface area contributed by atoms with Crippen molar-refractivity contribution in [3.8, 4) is 0 Å². The molecule has 0 aliphatic heterocycles. The van der Waals surface area contributed by atoms with Crippen LogP contribution in [0.25, 0.3) is 0 Å². The molecule has 1 aromatic rings. The molecule has 1 rings (SSSR count). The van der Waals surface area contributed by atoms with E-state index in [1.807, 2.05) is 31.2 Å². The predicted octanol–water partition coefficient (Wildman–Crippen LogP) is 2.24. The largest absolute Gasteiger partial charge is 3.00 e. The number of carbonyl (C=O) groups is 1. The number of rotatable bonds is 6. The van der Waals surface area contributed by atoms with Gasteiger partial charge < -0.3 is 9.47 Å². The Balaban J connectivity index is 0.00000289. The van der Waals surface area contributed by atoms with Crippen LogP contribution in [0.4, 0.5) is 0 Å². The molecule has 0 aliphatic carbocycles. The summed E-state index contributed by atoms with van der Waals surface area (Å²) in [4.78, 5) is 11.7. The first-order chi connectivity index (χ1) is 8.12.